The Balaban J connectivity index is 1.40. The van der Waals surface area contributed by atoms with E-state index in [1.54, 1.807) is 6.20 Å². The second kappa shape index (κ2) is 7.06. The predicted molar refractivity (Wildman–Crippen MR) is 145 cm³/mol. The van der Waals surface area contributed by atoms with Gasteiger partial charge in [-0.1, -0.05) is 36.4 Å². The molecule has 4 aromatic carbocycles. The number of benzene rings is 4. The number of nitrogens with zero attached hydrogens (tertiary/aromatic N) is 4. The number of fused-ring (bicyclic) bond motifs is 8. The SMILES string of the molecule is Cc1cc(-c2ccc3oc4ncccc4c3c2)cc(-n2c3ccccc3n3c4ccccc4nc23)c1. The van der Waals surface area contributed by atoms with Gasteiger partial charge in [0.15, 0.2) is 0 Å². The maximum absolute atomic E-state index is 5.95. The van der Waals surface area contributed by atoms with Gasteiger partial charge in [-0.15, -0.1) is 0 Å². The molecule has 0 N–H and O–H groups in total. The Hall–Kier alpha value is -4.90. The van der Waals surface area contributed by atoms with E-state index in [0.717, 1.165) is 61.0 Å². The van der Waals surface area contributed by atoms with Gasteiger partial charge in [-0.2, -0.15) is 0 Å². The van der Waals surface area contributed by atoms with Crippen LogP contribution < -0.4 is 0 Å². The lowest BCUT2D eigenvalue weighted by molar-refractivity contribution is 0.654. The van der Waals surface area contributed by atoms with Crippen LogP contribution in [0.2, 0.25) is 0 Å². The fraction of sp³-hybridized carbons (Fsp3) is 0.0323. The molecule has 4 aromatic heterocycles. The number of furan rings is 1. The van der Waals surface area contributed by atoms with Gasteiger partial charge in [-0.05, 0) is 84.3 Å². The molecule has 0 unspecified atom stereocenters. The van der Waals surface area contributed by atoms with E-state index in [1.165, 1.54) is 5.56 Å². The molecular weight excluding hydrogens is 444 g/mol. The van der Waals surface area contributed by atoms with E-state index in [0.29, 0.717) is 5.71 Å². The molecule has 0 radical (unpaired) electrons. The molecular formula is C31H20N4O. The van der Waals surface area contributed by atoms with Gasteiger partial charge in [0.25, 0.3) is 0 Å². The number of pyridine rings is 1. The van der Waals surface area contributed by atoms with Gasteiger partial charge in [0.1, 0.15) is 5.58 Å². The molecule has 0 amide bonds. The summed E-state index contributed by atoms with van der Waals surface area (Å²) in [5, 5.41) is 2.11. The third-order valence-electron chi connectivity index (χ3n) is 7.01. The Labute approximate surface area is 205 Å². The van der Waals surface area contributed by atoms with Gasteiger partial charge < -0.3 is 4.42 Å². The molecule has 0 aliphatic heterocycles. The normalized spacial score (nSPS) is 12.0. The molecule has 4 heterocycles. The minimum Gasteiger partial charge on any atom is -0.438 e. The summed E-state index contributed by atoms with van der Waals surface area (Å²) in [5.74, 6) is 0.913. The third kappa shape index (κ3) is 2.65. The van der Waals surface area contributed by atoms with Gasteiger partial charge in [0.2, 0.25) is 11.5 Å². The van der Waals surface area contributed by atoms with Gasteiger partial charge in [0, 0.05) is 17.0 Å². The molecule has 0 saturated heterocycles. The minimum atomic E-state index is 0.669. The predicted octanol–water partition coefficient (Wildman–Crippen LogP) is 7.70. The molecule has 5 nitrogen and oxygen atoms in total. The fourth-order valence-corrected chi connectivity index (χ4v) is 5.45. The van der Waals surface area contributed by atoms with Gasteiger partial charge >= 0.3 is 0 Å². The van der Waals surface area contributed by atoms with Crippen molar-refractivity contribution in [3.05, 3.63) is 109 Å². The van der Waals surface area contributed by atoms with Crippen molar-refractivity contribution in [2.75, 3.05) is 0 Å². The first kappa shape index (κ1) is 19.4. The van der Waals surface area contributed by atoms with E-state index in [-0.39, 0.29) is 0 Å². The highest BCUT2D eigenvalue weighted by Gasteiger charge is 2.17. The maximum atomic E-state index is 5.95. The van der Waals surface area contributed by atoms with E-state index in [9.17, 15) is 0 Å². The lowest BCUT2D eigenvalue weighted by Crippen LogP contribution is -1.96. The first-order chi connectivity index (χ1) is 17.7. The number of para-hydroxylation sites is 4. The Bertz CT molecular complexity index is 2130. The molecule has 36 heavy (non-hydrogen) atoms. The molecule has 0 aliphatic carbocycles. The van der Waals surface area contributed by atoms with Crippen molar-refractivity contribution in [3.63, 3.8) is 0 Å². The van der Waals surface area contributed by atoms with Gasteiger partial charge in [0.05, 0.1) is 27.8 Å². The Kier molecular flexibility index (Phi) is 3.80. The van der Waals surface area contributed by atoms with Crippen molar-refractivity contribution in [2.45, 2.75) is 6.92 Å². The van der Waals surface area contributed by atoms with Crippen molar-refractivity contribution < 1.29 is 4.42 Å². The highest BCUT2D eigenvalue weighted by molar-refractivity contribution is 6.05. The van der Waals surface area contributed by atoms with Crippen LogP contribution in [0, 0.1) is 6.92 Å². The highest BCUT2D eigenvalue weighted by Crippen LogP contribution is 2.34. The van der Waals surface area contributed by atoms with Crippen LogP contribution in [0.1, 0.15) is 5.56 Å². The molecule has 0 atom stereocenters. The molecule has 0 spiro atoms. The highest BCUT2D eigenvalue weighted by atomic mass is 16.3. The van der Waals surface area contributed by atoms with Crippen LogP contribution in [0.25, 0.3) is 66.7 Å². The van der Waals surface area contributed by atoms with Crippen LogP contribution >= 0.6 is 0 Å². The van der Waals surface area contributed by atoms with Gasteiger partial charge in [-0.3, -0.25) is 8.97 Å². The largest absolute Gasteiger partial charge is 0.438 e. The van der Waals surface area contributed by atoms with Crippen molar-refractivity contribution in [2.24, 2.45) is 0 Å². The molecule has 8 aromatic rings. The summed E-state index contributed by atoms with van der Waals surface area (Å²) in [7, 11) is 0. The lowest BCUT2D eigenvalue weighted by Gasteiger charge is -2.11. The maximum Gasteiger partial charge on any atom is 0.227 e. The molecule has 0 bridgehead atoms. The number of imidazole rings is 2. The Morgan fingerprint density at radius 3 is 2.44 bits per heavy atom. The summed E-state index contributed by atoms with van der Waals surface area (Å²) in [4.78, 5) is 9.41. The lowest BCUT2D eigenvalue weighted by atomic mass is 10.0. The Morgan fingerprint density at radius 2 is 1.53 bits per heavy atom. The smallest absolute Gasteiger partial charge is 0.227 e. The van der Waals surface area contributed by atoms with Crippen molar-refractivity contribution in [1.82, 2.24) is 18.9 Å². The molecule has 8 rings (SSSR count). The minimum absolute atomic E-state index is 0.669. The molecule has 0 saturated carbocycles. The molecule has 5 heteroatoms. The van der Waals surface area contributed by atoms with Gasteiger partial charge in [-0.25, -0.2) is 9.97 Å². The van der Waals surface area contributed by atoms with E-state index in [4.69, 9.17) is 9.40 Å². The first-order valence-electron chi connectivity index (χ1n) is 12.0. The first-order valence-corrected chi connectivity index (χ1v) is 12.0. The van der Waals surface area contributed by atoms with E-state index >= 15 is 0 Å². The summed E-state index contributed by atoms with van der Waals surface area (Å²) in [5.41, 5.74) is 10.5. The fourth-order valence-electron chi connectivity index (χ4n) is 5.45. The number of aromatic nitrogens is 4. The summed E-state index contributed by atoms with van der Waals surface area (Å²) in [6.45, 7) is 2.15. The second-order valence-electron chi connectivity index (χ2n) is 9.29. The van der Waals surface area contributed by atoms with E-state index in [2.05, 4.69) is 99.7 Å². The standard InChI is InChI=1S/C31H20N4O/c1-19-15-21(20-12-13-29-24(18-20)23-7-6-14-32-30(23)36-29)17-22(16-19)34-27-10-4-5-11-28(27)35-26-9-3-2-8-25(26)33-31(34)35/h2-18H,1H3. The average molecular weight is 465 g/mol. The van der Waals surface area contributed by atoms with Crippen LogP contribution in [0.5, 0.6) is 0 Å². The summed E-state index contributed by atoms with van der Waals surface area (Å²) < 4.78 is 10.5. The quantitative estimate of drug-likeness (QED) is 0.263. The van der Waals surface area contributed by atoms with Crippen LogP contribution in [-0.2, 0) is 0 Å². The third-order valence-corrected chi connectivity index (χ3v) is 7.01. The van der Waals surface area contributed by atoms with E-state index in [1.807, 2.05) is 18.2 Å². The van der Waals surface area contributed by atoms with Crippen molar-refractivity contribution in [3.8, 4) is 16.8 Å². The number of rotatable bonds is 2. The number of hydrogen-bond acceptors (Lipinski definition) is 3. The number of hydrogen-bond donors (Lipinski definition) is 0. The van der Waals surface area contributed by atoms with Crippen LogP contribution in [0.3, 0.4) is 0 Å². The van der Waals surface area contributed by atoms with Crippen LogP contribution in [0.4, 0.5) is 0 Å². The zero-order chi connectivity index (χ0) is 23.8. The average Bonchev–Trinajstić information content (AvgIpc) is 3.56. The summed E-state index contributed by atoms with van der Waals surface area (Å²) in [6, 6.07) is 33.9. The number of aryl methyl sites for hydroxylation is 1. The zero-order valence-electron chi connectivity index (χ0n) is 19.5. The second-order valence-corrected chi connectivity index (χ2v) is 9.29. The Morgan fingerprint density at radius 1 is 0.694 bits per heavy atom. The van der Waals surface area contributed by atoms with Crippen LogP contribution in [0.15, 0.2) is 108 Å². The molecule has 170 valence electrons. The monoisotopic (exact) mass is 464 g/mol. The van der Waals surface area contributed by atoms with Crippen molar-refractivity contribution in [1.29, 1.82) is 0 Å². The summed E-state index contributed by atoms with van der Waals surface area (Å²) >= 11 is 0. The zero-order valence-corrected chi connectivity index (χ0v) is 19.5. The molecule has 0 fully saturated rings. The van der Waals surface area contributed by atoms with E-state index < -0.39 is 0 Å². The van der Waals surface area contributed by atoms with Crippen LogP contribution in [-0.4, -0.2) is 18.9 Å². The topological polar surface area (TPSA) is 48.3 Å². The summed E-state index contributed by atoms with van der Waals surface area (Å²) in [6.07, 6.45) is 1.76. The molecule has 0 aliphatic rings. The van der Waals surface area contributed by atoms with Crippen molar-refractivity contribution >= 4 is 49.9 Å².